The summed E-state index contributed by atoms with van der Waals surface area (Å²) in [4.78, 5) is 18.9. The van der Waals surface area contributed by atoms with Gasteiger partial charge in [-0.3, -0.25) is 9.79 Å². The monoisotopic (exact) mass is 314 g/mol. The number of ketones is 1. The van der Waals surface area contributed by atoms with E-state index in [2.05, 4.69) is 43.0 Å². The number of carbonyl (C=O) groups excluding carboxylic acids is 1. The highest BCUT2D eigenvalue weighted by molar-refractivity contribution is 5.98. The van der Waals surface area contributed by atoms with Gasteiger partial charge in [0.2, 0.25) is 0 Å². The normalized spacial score (nSPS) is 14.7. The molecule has 0 fully saturated rings. The maximum atomic E-state index is 11.9. The summed E-state index contributed by atoms with van der Waals surface area (Å²) in [6.45, 7) is 6.24. The van der Waals surface area contributed by atoms with Gasteiger partial charge in [0.1, 0.15) is 11.6 Å². The average molecular weight is 314 g/mol. The van der Waals surface area contributed by atoms with Gasteiger partial charge in [0, 0.05) is 38.0 Å². The van der Waals surface area contributed by atoms with E-state index < -0.39 is 0 Å². The van der Waals surface area contributed by atoms with Crippen LogP contribution in [-0.2, 0) is 4.79 Å². The van der Waals surface area contributed by atoms with Crippen LogP contribution in [0.1, 0.15) is 63.9 Å². The van der Waals surface area contributed by atoms with Crippen LogP contribution >= 0.6 is 0 Å². The van der Waals surface area contributed by atoms with Crippen LogP contribution in [-0.4, -0.2) is 24.7 Å². The van der Waals surface area contributed by atoms with Crippen LogP contribution in [0.2, 0.25) is 0 Å². The van der Waals surface area contributed by atoms with Crippen LogP contribution in [0, 0.1) is 6.92 Å². The Balaban J connectivity index is 1.83. The molecule has 126 valence electrons. The van der Waals surface area contributed by atoms with Gasteiger partial charge >= 0.3 is 0 Å². The van der Waals surface area contributed by atoms with Crippen molar-refractivity contribution in [1.29, 1.82) is 0 Å². The van der Waals surface area contributed by atoms with Crippen molar-refractivity contribution in [3.8, 4) is 0 Å². The molecule has 0 N–H and O–H groups in total. The van der Waals surface area contributed by atoms with E-state index in [0.717, 1.165) is 51.0 Å². The van der Waals surface area contributed by atoms with E-state index in [0.29, 0.717) is 12.2 Å². The first kappa shape index (κ1) is 17.7. The van der Waals surface area contributed by atoms with E-state index in [-0.39, 0.29) is 0 Å². The van der Waals surface area contributed by atoms with Crippen molar-refractivity contribution in [2.75, 3.05) is 18.0 Å². The van der Waals surface area contributed by atoms with Crippen molar-refractivity contribution in [3.05, 3.63) is 29.8 Å². The molecule has 0 atom stereocenters. The third-order valence-electron chi connectivity index (χ3n) is 4.41. The third kappa shape index (κ3) is 5.81. The molecule has 1 aliphatic rings. The van der Waals surface area contributed by atoms with Crippen LogP contribution in [0.25, 0.3) is 0 Å². The van der Waals surface area contributed by atoms with Gasteiger partial charge in [-0.15, -0.1) is 0 Å². The predicted octanol–water partition coefficient (Wildman–Crippen LogP) is 4.92. The van der Waals surface area contributed by atoms with Crippen molar-refractivity contribution < 1.29 is 4.79 Å². The second kappa shape index (κ2) is 9.49. The molecule has 3 nitrogen and oxygen atoms in total. The number of rotatable bonds is 9. The fourth-order valence-electron chi connectivity index (χ4n) is 3.01. The predicted molar refractivity (Wildman–Crippen MR) is 98.4 cm³/mol. The van der Waals surface area contributed by atoms with Crippen LogP contribution in [0.4, 0.5) is 5.69 Å². The molecule has 1 heterocycles. The molecule has 23 heavy (non-hydrogen) atoms. The first-order valence-electron chi connectivity index (χ1n) is 9.10. The van der Waals surface area contributed by atoms with Gasteiger partial charge in [-0.25, -0.2) is 0 Å². The molecule has 0 unspecified atom stereocenters. The molecule has 0 saturated heterocycles. The number of carbonyl (C=O) groups is 1. The lowest BCUT2D eigenvalue weighted by Gasteiger charge is -2.29. The van der Waals surface area contributed by atoms with Gasteiger partial charge in [-0.1, -0.05) is 37.5 Å². The molecule has 1 aromatic rings. The lowest BCUT2D eigenvalue weighted by atomic mass is 10.1. The van der Waals surface area contributed by atoms with E-state index in [1.165, 1.54) is 24.1 Å². The van der Waals surface area contributed by atoms with Crippen molar-refractivity contribution in [3.63, 3.8) is 0 Å². The van der Waals surface area contributed by atoms with Crippen LogP contribution in [0.15, 0.2) is 29.3 Å². The topological polar surface area (TPSA) is 32.7 Å². The van der Waals surface area contributed by atoms with E-state index in [1.54, 1.807) is 0 Å². The Morgan fingerprint density at radius 1 is 1.13 bits per heavy atom. The van der Waals surface area contributed by atoms with E-state index in [4.69, 9.17) is 4.99 Å². The second-order valence-corrected chi connectivity index (χ2v) is 6.49. The van der Waals surface area contributed by atoms with Crippen molar-refractivity contribution >= 4 is 17.3 Å². The summed E-state index contributed by atoms with van der Waals surface area (Å²) >= 11 is 0. The number of benzene rings is 1. The highest BCUT2D eigenvalue weighted by atomic mass is 16.1. The SMILES string of the molecule is CCCCCC(=O)CCCC1=NCCCN1c1ccc(C)cc1. The molecular weight excluding hydrogens is 284 g/mol. The fraction of sp³-hybridized carbons (Fsp3) is 0.600. The van der Waals surface area contributed by atoms with Crippen LogP contribution < -0.4 is 4.90 Å². The molecule has 0 bridgehead atoms. The molecule has 0 saturated carbocycles. The molecule has 0 amide bonds. The number of amidine groups is 1. The largest absolute Gasteiger partial charge is 0.330 e. The molecule has 1 aliphatic heterocycles. The Morgan fingerprint density at radius 2 is 1.87 bits per heavy atom. The van der Waals surface area contributed by atoms with Crippen LogP contribution in [0.3, 0.4) is 0 Å². The fourth-order valence-corrected chi connectivity index (χ4v) is 3.01. The van der Waals surface area contributed by atoms with Crippen LogP contribution in [0.5, 0.6) is 0 Å². The first-order valence-corrected chi connectivity index (χ1v) is 9.10. The zero-order valence-corrected chi connectivity index (χ0v) is 14.7. The molecular formula is C20H30N2O. The summed E-state index contributed by atoms with van der Waals surface area (Å²) in [7, 11) is 0. The number of aliphatic imine (C=N–C) groups is 1. The molecule has 2 rings (SSSR count). The minimum atomic E-state index is 0.414. The van der Waals surface area contributed by atoms with Crippen molar-refractivity contribution in [2.24, 2.45) is 4.99 Å². The molecule has 0 spiro atoms. The molecule has 0 radical (unpaired) electrons. The number of aryl methyl sites for hydroxylation is 1. The lowest BCUT2D eigenvalue weighted by Crippen LogP contribution is -2.35. The highest BCUT2D eigenvalue weighted by Gasteiger charge is 2.17. The number of hydrogen-bond donors (Lipinski definition) is 0. The third-order valence-corrected chi connectivity index (χ3v) is 4.41. The number of anilines is 1. The van der Waals surface area contributed by atoms with Crippen molar-refractivity contribution in [1.82, 2.24) is 0 Å². The lowest BCUT2D eigenvalue weighted by molar-refractivity contribution is -0.119. The van der Waals surface area contributed by atoms with Gasteiger partial charge in [0.05, 0.1) is 0 Å². The number of nitrogens with zero attached hydrogens (tertiary/aromatic N) is 2. The zero-order valence-electron chi connectivity index (χ0n) is 14.7. The Kier molecular flexibility index (Phi) is 7.31. The van der Waals surface area contributed by atoms with Gasteiger partial charge in [-0.05, 0) is 38.3 Å². The van der Waals surface area contributed by atoms with Gasteiger partial charge in [0.25, 0.3) is 0 Å². The van der Waals surface area contributed by atoms with Gasteiger partial charge < -0.3 is 4.90 Å². The Labute approximate surface area is 140 Å². The maximum absolute atomic E-state index is 11.9. The molecule has 3 heteroatoms. The van der Waals surface area contributed by atoms with Gasteiger partial charge in [-0.2, -0.15) is 0 Å². The second-order valence-electron chi connectivity index (χ2n) is 6.49. The quantitative estimate of drug-likeness (QED) is 0.606. The summed E-state index contributed by atoms with van der Waals surface area (Å²) in [6, 6.07) is 8.65. The smallest absolute Gasteiger partial charge is 0.132 e. The summed E-state index contributed by atoms with van der Waals surface area (Å²) in [5.74, 6) is 1.57. The number of Topliss-reactive ketones (excluding diaryl/α,β-unsaturated/α-hetero) is 1. The Bertz CT molecular complexity index is 519. The van der Waals surface area contributed by atoms with E-state index in [1.807, 2.05) is 0 Å². The Morgan fingerprint density at radius 3 is 2.61 bits per heavy atom. The Hall–Kier alpha value is -1.64. The summed E-state index contributed by atoms with van der Waals surface area (Å²) in [5, 5.41) is 0. The minimum absolute atomic E-state index is 0.414. The molecule has 0 aromatic heterocycles. The average Bonchev–Trinajstić information content (AvgIpc) is 2.56. The van der Waals surface area contributed by atoms with E-state index in [9.17, 15) is 4.79 Å². The molecule has 1 aromatic carbocycles. The van der Waals surface area contributed by atoms with Gasteiger partial charge in [0.15, 0.2) is 0 Å². The number of hydrogen-bond acceptors (Lipinski definition) is 3. The summed E-state index contributed by atoms with van der Waals surface area (Å²) < 4.78 is 0. The van der Waals surface area contributed by atoms with E-state index >= 15 is 0 Å². The minimum Gasteiger partial charge on any atom is -0.330 e. The number of unbranched alkanes of at least 4 members (excludes halogenated alkanes) is 2. The first-order chi connectivity index (χ1) is 11.2. The standard InChI is InChI=1S/C20H30N2O/c1-3-4-5-8-19(23)9-6-10-20-21-15-7-16-22(20)18-13-11-17(2)12-14-18/h11-14H,3-10,15-16H2,1-2H3. The maximum Gasteiger partial charge on any atom is 0.132 e. The molecule has 0 aliphatic carbocycles. The summed E-state index contributed by atoms with van der Waals surface area (Å²) in [5.41, 5.74) is 2.50. The highest BCUT2D eigenvalue weighted by Crippen LogP contribution is 2.20. The van der Waals surface area contributed by atoms with Crippen molar-refractivity contribution in [2.45, 2.75) is 65.2 Å². The summed E-state index contributed by atoms with van der Waals surface area (Å²) in [6.07, 6.45) is 7.78. The zero-order chi connectivity index (χ0) is 16.5.